The number of aliphatic hydroxyl groups is 1. The molecule has 0 aliphatic heterocycles. The van der Waals surface area contributed by atoms with Gasteiger partial charge >= 0.3 is 0 Å². The molecule has 0 saturated heterocycles. The SMILES string of the molecule is COc1ccc(OCC(=O)NC(C)C)c(CO)c1. The lowest BCUT2D eigenvalue weighted by molar-refractivity contribution is -0.123. The third kappa shape index (κ3) is 4.25. The molecule has 0 fully saturated rings. The van der Waals surface area contributed by atoms with Crippen LogP contribution in [0.3, 0.4) is 0 Å². The number of carbonyl (C=O) groups is 1. The number of aliphatic hydroxyl groups excluding tert-OH is 1. The minimum absolute atomic E-state index is 0.0719. The number of hydrogen-bond donors (Lipinski definition) is 2. The van der Waals surface area contributed by atoms with E-state index < -0.39 is 0 Å². The highest BCUT2D eigenvalue weighted by Crippen LogP contribution is 2.24. The van der Waals surface area contributed by atoms with Gasteiger partial charge in [0.2, 0.25) is 0 Å². The third-order valence-electron chi connectivity index (χ3n) is 2.25. The zero-order valence-electron chi connectivity index (χ0n) is 10.9. The van der Waals surface area contributed by atoms with Crippen LogP contribution in [0.4, 0.5) is 0 Å². The van der Waals surface area contributed by atoms with Gasteiger partial charge in [0.05, 0.1) is 13.7 Å². The summed E-state index contributed by atoms with van der Waals surface area (Å²) in [7, 11) is 1.55. The lowest BCUT2D eigenvalue weighted by Gasteiger charge is -2.12. The standard InChI is InChI=1S/C13H19NO4/c1-9(2)14-13(16)8-18-12-5-4-11(17-3)6-10(12)7-15/h4-6,9,15H,7-8H2,1-3H3,(H,14,16). The molecule has 1 aromatic carbocycles. The lowest BCUT2D eigenvalue weighted by atomic mass is 10.2. The van der Waals surface area contributed by atoms with E-state index in [4.69, 9.17) is 9.47 Å². The van der Waals surface area contributed by atoms with Crippen LogP contribution in [0.15, 0.2) is 18.2 Å². The van der Waals surface area contributed by atoms with Crippen LogP contribution in [0, 0.1) is 0 Å². The van der Waals surface area contributed by atoms with Crippen molar-refractivity contribution in [1.82, 2.24) is 5.32 Å². The summed E-state index contributed by atoms with van der Waals surface area (Å²) in [4.78, 5) is 11.4. The highest BCUT2D eigenvalue weighted by atomic mass is 16.5. The van der Waals surface area contributed by atoms with Gasteiger partial charge in [-0.05, 0) is 32.0 Å². The second-order valence-corrected chi connectivity index (χ2v) is 4.14. The zero-order valence-corrected chi connectivity index (χ0v) is 10.9. The fraction of sp³-hybridized carbons (Fsp3) is 0.462. The molecular formula is C13H19NO4. The maximum atomic E-state index is 11.4. The van der Waals surface area contributed by atoms with Crippen LogP contribution in [-0.4, -0.2) is 30.8 Å². The largest absolute Gasteiger partial charge is 0.497 e. The first-order valence-electron chi connectivity index (χ1n) is 5.76. The van der Waals surface area contributed by atoms with Crippen LogP contribution in [0.5, 0.6) is 11.5 Å². The molecule has 0 aliphatic carbocycles. The van der Waals surface area contributed by atoms with Gasteiger partial charge < -0.3 is 19.9 Å². The predicted molar refractivity (Wildman–Crippen MR) is 67.7 cm³/mol. The summed E-state index contributed by atoms with van der Waals surface area (Å²) in [5.41, 5.74) is 0.590. The van der Waals surface area contributed by atoms with Crippen molar-refractivity contribution < 1.29 is 19.4 Å². The predicted octanol–water partition coefficient (Wildman–Crippen LogP) is 1.09. The summed E-state index contributed by atoms with van der Waals surface area (Å²) in [5.74, 6) is 0.931. The zero-order chi connectivity index (χ0) is 13.5. The Bertz CT molecular complexity index is 404. The van der Waals surface area contributed by atoms with Gasteiger partial charge in [0.1, 0.15) is 11.5 Å². The van der Waals surface area contributed by atoms with Crippen LogP contribution in [0.25, 0.3) is 0 Å². The molecule has 0 radical (unpaired) electrons. The number of methoxy groups -OCH3 is 1. The molecule has 1 amide bonds. The normalized spacial score (nSPS) is 10.3. The van der Waals surface area contributed by atoms with Gasteiger partial charge in [-0.25, -0.2) is 0 Å². The molecule has 0 atom stereocenters. The van der Waals surface area contributed by atoms with E-state index in [1.54, 1.807) is 25.3 Å². The topological polar surface area (TPSA) is 67.8 Å². The van der Waals surface area contributed by atoms with Gasteiger partial charge in [-0.3, -0.25) is 4.79 Å². The smallest absolute Gasteiger partial charge is 0.258 e. The van der Waals surface area contributed by atoms with Crippen molar-refractivity contribution in [2.45, 2.75) is 26.5 Å². The minimum Gasteiger partial charge on any atom is -0.497 e. The molecule has 1 aromatic rings. The van der Waals surface area contributed by atoms with Crippen molar-refractivity contribution in [2.24, 2.45) is 0 Å². The van der Waals surface area contributed by atoms with E-state index in [0.29, 0.717) is 17.1 Å². The summed E-state index contributed by atoms with van der Waals surface area (Å²) < 4.78 is 10.4. The average Bonchev–Trinajstić information content (AvgIpc) is 2.35. The molecule has 5 heteroatoms. The van der Waals surface area contributed by atoms with Crippen LogP contribution < -0.4 is 14.8 Å². The van der Waals surface area contributed by atoms with Crippen LogP contribution >= 0.6 is 0 Å². The Balaban J connectivity index is 2.64. The van der Waals surface area contributed by atoms with Gasteiger partial charge in [-0.2, -0.15) is 0 Å². The van der Waals surface area contributed by atoms with Crippen molar-refractivity contribution in [3.8, 4) is 11.5 Å². The fourth-order valence-corrected chi connectivity index (χ4v) is 1.45. The summed E-state index contributed by atoms with van der Waals surface area (Å²) in [5, 5.41) is 11.9. The molecule has 0 bridgehead atoms. The van der Waals surface area contributed by atoms with E-state index in [0.717, 1.165) is 0 Å². The second kappa shape index (κ2) is 6.86. The number of ether oxygens (including phenoxy) is 2. The lowest BCUT2D eigenvalue weighted by Crippen LogP contribution is -2.34. The van der Waals surface area contributed by atoms with Crippen LogP contribution in [0.2, 0.25) is 0 Å². The van der Waals surface area contributed by atoms with Gasteiger partial charge in [-0.15, -0.1) is 0 Å². The summed E-state index contributed by atoms with van der Waals surface area (Å²) in [6.45, 7) is 3.52. The van der Waals surface area contributed by atoms with Gasteiger partial charge in [0.25, 0.3) is 5.91 Å². The van der Waals surface area contributed by atoms with Crippen molar-refractivity contribution in [2.75, 3.05) is 13.7 Å². The molecule has 0 spiro atoms. The van der Waals surface area contributed by atoms with Crippen molar-refractivity contribution in [3.63, 3.8) is 0 Å². The quantitative estimate of drug-likeness (QED) is 0.796. The van der Waals surface area contributed by atoms with Gasteiger partial charge in [-0.1, -0.05) is 0 Å². The Kier molecular flexibility index (Phi) is 5.45. The highest BCUT2D eigenvalue weighted by Gasteiger charge is 2.08. The minimum atomic E-state index is -0.190. The molecule has 0 aromatic heterocycles. The van der Waals surface area contributed by atoms with E-state index in [1.807, 2.05) is 13.8 Å². The molecule has 100 valence electrons. The van der Waals surface area contributed by atoms with Gasteiger partial charge in [0, 0.05) is 11.6 Å². The molecule has 0 unspecified atom stereocenters. The van der Waals surface area contributed by atoms with E-state index in [-0.39, 0.29) is 25.2 Å². The highest BCUT2D eigenvalue weighted by molar-refractivity contribution is 5.77. The van der Waals surface area contributed by atoms with E-state index >= 15 is 0 Å². The number of amides is 1. The van der Waals surface area contributed by atoms with Crippen LogP contribution in [0.1, 0.15) is 19.4 Å². The summed E-state index contributed by atoms with van der Waals surface area (Å²) in [6.07, 6.45) is 0. The number of nitrogens with one attached hydrogen (secondary N) is 1. The maximum Gasteiger partial charge on any atom is 0.258 e. The molecule has 1 rings (SSSR count). The van der Waals surface area contributed by atoms with Crippen LogP contribution in [-0.2, 0) is 11.4 Å². The summed E-state index contributed by atoms with van der Waals surface area (Å²) >= 11 is 0. The Morgan fingerprint density at radius 2 is 2.17 bits per heavy atom. The maximum absolute atomic E-state index is 11.4. The number of rotatable bonds is 6. The third-order valence-corrected chi connectivity index (χ3v) is 2.25. The average molecular weight is 253 g/mol. The first-order chi connectivity index (χ1) is 8.56. The monoisotopic (exact) mass is 253 g/mol. The second-order valence-electron chi connectivity index (χ2n) is 4.14. The van der Waals surface area contributed by atoms with E-state index in [1.165, 1.54) is 0 Å². The number of benzene rings is 1. The van der Waals surface area contributed by atoms with E-state index in [2.05, 4.69) is 5.32 Å². The molecule has 0 aliphatic rings. The Hall–Kier alpha value is -1.75. The Morgan fingerprint density at radius 1 is 1.44 bits per heavy atom. The first-order valence-corrected chi connectivity index (χ1v) is 5.76. The number of carbonyl (C=O) groups excluding carboxylic acids is 1. The Morgan fingerprint density at radius 3 is 2.72 bits per heavy atom. The molecule has 0 heterocycles. The molecule has 18 heavy (non-hydrogen) atoms. The number of hydrogen-bond acceptors (Lipinski definition) is 4. The van der Waals surface area contributed by atoms with Crippen molar-refractivity contribution in [1.29, 1.82) is 0 Å². The van der Waals surface area contributed by atoms with E-state index in [9.17, 15) is 9.90 Å². The molecule has 2 N–H and O–H groups in total. The molecule has 0 saturated carbocycles. The molecule has 5 nitrogen and oxygen atoms in total. The first kappa shape index (κ1) is 14.3. The Labute approximate surface area is 107 Å². The fourth-order valence-electron chi connectivity index (χ4n) is 1.45. The van der Waals surface area contributed by atoms with Crippen molar-refractivity contribution >= 4 is 5.91 Å². The van der Waals surface area contributed by atoms with Crippen molar-refractivity contribution in [3.05, 3.63) is 23.8 Å². The van der Waals surface area contributed by atoms with Gasteiger partial charge in [0.15, 0.2) is 6.61 Å². The molecular weight excluding hydrogens is 234 g/mol. The summed E-state index contributed by atoms with van der Waals surface area (Å²) in [6, 6.07) is 5.15.